The van der Waals surface area contributed by atoms with Gasteiger partial charge in [-0.05, 0) is 54.1 Å². The minimum absolute atomic E-state index is 0.229. The molecule has 0 unspecified atom stereocenters. The summed E-state index contributed by atoms with van der Waals surface area (Å²) < 4.78 is 1.99. The molecule has 2 N–H and O–H groups in total. The van der Waals surface area contributed by atoms with Gasteiger partial charge in [0.25, 0.3) is 0 Å². The maximum absolute atomic E-state index is 9.50. The zero-order valence-corrected chi connectivity index (χ0v) is 15.3. The Morgan fingerprint density at radius 3 is 2.35 bits per heavy atom. The van der Waals surface area contributed by atoms with Gasteiger partial charge in [0, 0.05) is 22.8 Å². The number of aromatic nitrogens is 3. The van der Waals surface area contributed by atoms with Crippen molar-refractivity contribution in [2.24, 2.45) is 7.05 Å². The molecule has 0 saturated heterocycles. The molecule has 2 aromatic heterocycles. The van der Waals surface area contributed by atoms with Gasteiger partial charge in [-0.1, -0.05) is 23.2 Å². The first kappa shape index (κ1) is 16.7. The number of fused-ring (bicyclic) bond motifs is 1. The molecule has 0 aliphatic heterocycles. The quantitative estimate of drug-likeness (QED) is 0.496. The number of hydrogen-bond acceptors (Lipinski definition) is 4. The monoisotopic (exact) mass is 384 g/mol. The van der Waals surface area contributed by atoms with Crippen LogP contribution in [0.5, 0.6) is 5.75 Å². The number of hydrogen-bond donors (Lipinski definition) is 2. The van der Waals surface area contributed by atoms with Gasteiger partial charge in [0.05, 0.1) is 11.1 Å². The Balaban J connectivity index is 1.81. The topological polar surface area (TPSA) is 63.0 Å². The molecule has 0 spiro atoms. The van der Waals surface area contributed by atoms with Gasteiger partial charge in [-0.3, -0.25) is 0 Å². The number of aryl methyl sites for hydroxylation is 1. The Hall–Kier alpha value is -2.76. The number of phenolic OH excluding ortho intramolecular Hbond substituents is 1. The highest BCUT2D eigenvalue weighted by Crippen LogP contribution is 2.32. The van der Waals surface area contributed by atoms with Crippen LogP contribution in [0.4, 0.5) is 11.5 Å². The van der Waals surface area contributed by atoms with Gasteiger partial charge in [0.15, 0.2) is 0 Å². The van der Waals surface area contributed by atoms with Gasteiger partial charge >= 0.3 is 0 Å². The largest absolute Gasteiger partial charge is 0.508 e. The first-order valence-corrected chi connectivity index (χ1v) is 8.60. The van der Waals surface area contributed by atoms with Crippen molar-refractivity contribution in [2.75, 3.05) is 5.32 Å². The summed E-state index contributed by atoms with van der Waals surface area (Å²) in [5.41, 5.74) is 3.48. The predicted molar refractivity (Wildman–Crippen MR) is 105 cm³/mol. The van der Waals surface area contributed by atoms with Gasteiger partial charge < -0.3 is 15.0 Å². The van der Waals surface area contributed by atoms with Crippen molar-refractivity contribution in [3.63, 3.8) is 0 Å². The van der Waals surface area contributed by atoms with Crippen LogP contribution in [0.15, 0.2) is 54.9 Å². The molecule has 2 aromatic carbocycles. The molecule has 0 fully saturated rings. The van der Waals surface area contributed by atoms with E-state index in [0.717, 1.165) is 28.0 Å². The third-order valence-corrected chi connectivity index (χ3v) is 4.55. The van der Waals surface area contributed by atoms with E-state index in [1.807, 2.05) is 29.8 Å². The fourth-order valence-electron chi connectivity index (χ4n) is 2.91. The molecule has 26 heavy (non-hydrogen) atoms. The molecule has 0 aliphatic carbocycles. The number of aromatic hydroxyl groups is 1. The molecule has 0 radical (unpaired) electrons. The lowest BCUT2D eigenvalue weighted by atomic mass is 10.1. The fraction of sp³-hybridized carbons (Fsp3) is 0.0526. The standard InChI is InChI=1S/C19H14Cl2N4O/c1-25-17(11-2-4-15(26)5-3-11)9-16-18(22-10-23-19(16)25)24-14-7-12(20)6-13(21)8-14/h2-10,26H,1H3,(H,22,23,24). The number of halogens is 2. The molecule has 4 aromatic rings. The Morgan fingerprint density at radius 2 is 1.65 bits per heavy atom. The minimum atomic E-state index is 0.229. The molecule has 7 heteroatoms. The Bertz CT molecular complexity index is 1090. The van der Waals surface area contributed by atoms with Crippen LogP contribution in [0.2, 0.25) is 10.0 Å². The summed E-state index contributed by atoms with van der Waals surface area (Å²) in [6.07, 6.45) is 1.51. The van der Waals surface area contributed by atoms with E-state index in [9.17, 15) is 5.11 Å². The smallest absolute Gasteiger partial charge is 0.145 e. The Kier molecular flexibility index (Phi) is 4.18. The lowest BCUT2D eigenvalue weighted by molar-refractivity contribution is 0.475. The van der Waals surface area contributed by atoms with E-state index in [2.05, 4.69) is 15.3 Å². The zero-order chi connectivity index (χ0) is 18.3. The lowest BCUT2D eigenvalue weighted by Crippen LogP contribution is -1.97. The summed E-state index contributed by atoms with van der Waals surface area (Å²) in [4.78, 5) is 8.75. The highest BCUT2D eigenvalue weighted by molar-refractivity contribution is 6.35. The predicted octanol–water partition coefficient (Wildman–Crippen LogP) is 5.39. The number of nitrogens with zero attached hydrogens (tertiary/aromatic N) is 3. The lowest BCUT2D eigenvalue weighted by Gasteiger charge is -2.07. The average molecular weight is 385 g/mol. The van der Waals surface area contributed by atoms with Gasteiger partial charge in [0.1, 0.15) is 23.5 Å². The highest BCUT2D eigenvalue weighted by Gasteiger charge is 2.13. The van der Waals surface area contributed by atoms with Crippen molar-refractivity contribution in [3.05, 3.63) is 64.9 Å². The molecule has 0 atom stereocenters. The summed E-state index contributed by atoms with van der Waals surface area (Å²) in [6, 6.07) is 14.3. The van der Waals surface area contributed by atoms with Crippen molar-refractivity contribution in [1.82, 2.24) is 14.5 Å². The second-order valence-corrected chi connectivity index (χ2v) is 6.75. The van der Waals surface area contributed by atoms with E-state index in [4.69, 9.17) is 23.2 Å². The van der Waals surface area contributed by atoms with Crippen molar-refractivity contribution in [1.29, 1.82) is 0 Å². The average Bonchev–Trinajstić information content (AvgIpc) is 2.93. The van der Waals surface area contributed by atoms with E-state index in [0.29, 0.717) is 15.9 Å². The van der Waals surface area contributed by atoms with Crippen LogP contribution >= 0.6 is 23.2 Å². The van der Waals surface area contributed by atoms with Crippen molar-refractivity contribution >= 4 is 45.7 Å². The van der Waals surface area contributed by atoms with E-state index in [1.165, 1.54) is 6.33 Å². The van der Waals surface area contributed by atoms with Crippen molar-refractivity contribution in [3.8, 4) is 17.0 Å². The van der Waals surface area contributed by atoms with Gasteiger partial charge in [-0.25, -0.2) is 9.97 Å². The summed E-state index contributed by atoms with van der Waals surface area (Å²) in [5, 5.41) is 14.7. The number of rotatable bonds is 3. The zero-order valence-electron chi connectivity index (χ0n) is 13.7. The molecular formula is C19H14Cl2N4O. The van der Waals surface area contributed by atoms with E-state index < -0.39 is 0 Å². The normalized spacial score (nSPS) is 11.0. The second kappa shape index (κ2) is 6.52. The molecule has 0 amide bonds. The summed E-state index contributed by atoms with van der Waals surface area (Å²) in [7, 11) is 1.94. The molecule has 0 bridgehead atoms. The van der Waals surface area contributed by atoms with Gasteiger partial charge in [0.2, 0.25) is 0 Å². The molecule has 0 aliphatic rings. The SMILES string of the molecule is Cn1c(-c2ccc(O)cc2)cc2c(Nc3cc(Cl)cc(Cl)c3)ncnc21. The molecule has 0 saturated carbocycles. The van der Waals surface area contributed by atoms with Crippen LogP contribution in [-0.4, -0.2) is 19.6 Å². The third-order valence-electron chi connectivity index (χ3n) is 4.11. The van der Waals surface area contributed by atoms with Crippen LogP contribution in [-0.2, 0) is 7.05 Å². The van der Waals surface area contributed by atoms with E-state index >= 15 is 0 Å². The number of phenols is 1. The number of nitrogens with one attached hydrogen (secondary N) is 1. The highest BCUT2D eigenvalue weighted by atomic mass is 35.5. The van der Waals surface area contributed by atoms with E-state index in [-0.39, 0.29) is 5.75 Å². The first-order chi connectivity index (χ1) is 12.5. The summed E-state index contributed by atoms with van der Waals surface area (Å²) in [6.45, 7) is 0. The van der Waals surface area contributed by atoms with Crippen LogP contribution in [0.3, 0.4) is 0 Å². The maximum Gasteiger partial charge on any atom is 0.145 e. The van der Waals surface area contributed by atoms with Crippen LogP contribution in [0, 0.1) is 0 Å². The van der Waals surface area contributed by atoms with Crippen molar-refractivity contribution in [2.45, 2.75) is 0 Å². The van der Waals surface area contributed by atoms with Crippen molar-refractivity contribution < 1.29 is 5.11 Å². The van der Waals surface area contributed by atoms with Crippen LogP contribution in [0.25, 0.3) is 22.3 Å². The van der Waals surface area contributed by atoms with Gasteiger partial charge in [-0.2, -0.15) is 0 Å². The molecule has 2 heterocycles. The van der Waals surface area contributed by atoms with Gasteiger partial charge in [-0.15, -0.1) is 0 Å². The molecule has 130 valence electrons. The minimum Gasteiger partial charge on any atom is -0.508 e. The Morgan fingerprint density at radius 1 is 0.962 bits per heavy atom. The van der Waals surface area contributed by atoms with Crippen LogP contribution < -0.4 is 5.32 Å². The third kappa shape index (κ3) is 3.07. The number of benzene rings is 2. The first-order valence-electron chi connectivity index (χ1n) is 7.84. The Labute approximate surface area is 159 Å². The summed E-state index contributed by atoms with van der Waals surface area (Å²) >= 11 is 12.1. The summed E-state index contributed by atoms with van der Waals surface area (Å²) in [5.74, 6) is 0.890. The van der Waals surface area contributed by atoms with E-state index in [1.54, 1.807) is 30.3 Å². The fourth-order valence-corrected chi connectivity index (χ4v) is 3.43. The molecule has 4 rings (SSSR count). The number of anilines is 2. The second-order valence-electron chi connectivity index (χ2n) is 5.88. The van der Waals surface area contributed by atoms with Crippen LogP contribution in [0.1, 0.15) is 0 Å². The molecular weight excluding hydrogens is 371 g/mol. The maximum atomic E-state index is 9.50. The molecule has 5 nitrogen and oxygen atoms in total.